The molecule has 7 heteroatoms. The summed E-state index contributed by atoms with van der Waals surface area (Å²) in [5, 5.41) is 0. The normalized spacial score (nSPS) is 15.6. The molecule has 3 rings (SSSR count). The van der Waals surface area contributed by atoms with E-state index in [1.54, 1.807) is 23.1 Å². The summed E-state index contributed by atoms with van der Waals surface area (Å²) in [6.07, 6.45) is 0. The molecule has 0 atom stereocenters. The quantitative estimate of drug-likeness (QED) is 0.875. The van der Waals surface area contributed by atoms with Gasteiger partial charge < -0.3 is 9.80 Å². The van der Waals surface area contributed by atoms with Crippen molar-refractivity contribution in [3.8, 4) is 0 Å². The van der Waals surface area contributed by atoms with Gasteiger partial charge >= 0.3 is 0 Å². The molecule has 0 radical (unpaired) electrons. The largest absolute Gasteiger partial charge is 0.336 e. The highest BCUT2D eigenvalue weighted by atomic mass is 32.2. The Balaban J connectivity index is 1.88. The number of nitrogens with zero attached hydrogens (tertiary/aromatic N) is 2. The molecule has 1 saturated heterocycles. The van der Waals surface area contributed by atoms with Gasteiger partial charge in [0.1, 0.15) is 0 Å². The van der Waals surface area contributed by atoms with Crippen molar-refractivity contribution in [3.63, 3.8) is 0 Å². The van der Waals surface area contributed by atoms with Crippen LogP contribution < -0.4 is 4.72 Å². The number of piperazine rings is 1. The molecule has 27 heavy (non-hydrogen) atoms. The van der Waals surface area contributed by atoms with Gasteiger partial charge in [-0.1, -0.05) is 24.3 Å². The summed E-state index contributed by atoms with van der Waals surface area (Å²) in [5.74, 6) is -0.117. The topological polar surface area (TPSA) is 69.7 Å². The Bertz CT molecular complexity index is 949. The van der Waals surface area contributed by atoms with Crippen LogP contribution in [0.1, 0.15) is 21.5 Å². The zero-order valence-corrected chi connectivity index (χ0v) is 16.7. The number of likely N-dealkylation sites (N-methyl/N-ethyl adjacent to an activating group) is 1. The van der Waals surface area contributed by atoms with Crippen LogP contribution in [0.15, 0.2) is 47.4 Å². The van der Waals surface area contributed by atoms with E-state index in [1.807, 2.05) is 33.0 Å². The van der Waals surface area contributed by atoms with Gasteiger partial charge in [-0.2, -0.15) is 0 Å². The average Bonchev–Trinajstić information content (AvgIpc) is 2.64. The van der Waals surface area contributed by atoms with Crippen LogP contribution in [0.3, 0.4) is 0 Å². The third-order valence-corrected chi connectivity index (χ3v) is 6.29. The molecule has 1 heterocycles. The fourth-order valence-corrected chi connectivity index (χ4v) is 4.23. The summed E-state index contributed by atoms with van der Waals surface area (Å²) >= 11 is 0. The molecule has 1 aliphatic rings. The first-order chi connectivity index (χ1) is 12.8. The second kappa shape index (κ2) is 7.70. The summed E-state index contributed by atoms with van der Waals surface area (Å²) in [4.78, 5) is 17.0. The number of rotatable bonds is 4. The van der Waals surface area contributed by atoms with E-state index in [2.05, 4.69) is 9.62 Å². The molecule has 0 spiro atoms. The first kappa shape index (κ1) is 19.4. The van der Waals surface area contributed by atoms with Gasteiger partial charge in [0, 0.05) is 31.7 Å². The number of nitrogens with one attached hydrogen (secondary N) is 1. The zero-order valence-electron chi connectivity index (χ0n) is 15.9. The van der Waals surface area contributed by atoms with Crippen molar-refractivity contribution in [2.45, 2.75) is 18.7 Å². The molecule has 0 aromatic heterocycles. The van der Waals surface area contributed by atoms with E-state index in [0.717, 1.165) is 24.2 Å². The Labute approximate surface area is 160 Å². The molecule has 2 aromatic carbocycles. The minimum Gasteiger partial charge on any atom is -0.336 e. The Morgan fingerprint density at radius 1 is 0.963 bits per heavy atom. The van der Waals surface area contributed by atoms with Gasteiger partial charge in [0.25, 0.3) is 15.9 Å². The molecule has 0 aliphatic carbocycles. The Kier molecular flexibility index (Phi) is 5.53. The highest BCUT2D eigenvalue weighted by Crippen LogP contribution is 2.22. The molecule has 6 nitrogen and oxygen atoms in total. The van der Waals surface area contributed by atoms with Gasteiger partial charge in [0.05, 0.1) is 10.6 Å². The van der Waals surface area contributed by atoms with Crippen molar-refractivity contribution >= 4 is 21.6 Å². The highest BCUT2D eigenvalue weighted by molar-refractivity contribution is 7.92. The smallest absolute Gasteiger partial charge is 0.261 e. The lowest BCUT2D eigenvalue weighted by atomic mass is 10.1. The molecule has 1 aliphatic heterocycles. The first-order valence-electron chi connectivity index (χ1n) is 8.95. The number of sulfonamides is 1. The SMILES string of the molecule is Cc1ccccc1NS(=O)(=O)c1ccc(C)c(C(=O)N2CCN(C)CC2)c1. The number of aryl methyl sites for hydroxylation is 2. The molecular formula is C20H25N3O3S. The third kappa shape index (κ3) is 4.31. The number of para-hydroxylation sites is 1. The summed E-state index contributed by atoms with van der Waals surface area (Å²) < 4.78 is 28.2. The minimum absolute atomic E-state index is 0.0915. The van der Waals surface area contributed by atoms with Gasteiger partial charge in [-0.05, 0) is 50.2 Å². The van der Waals surface area contributed by atoms with Gasteiger partial charge in [-0.25, -0.2) is 8.42 Å². The number of carbonyl (C=O) groups is 1. The molecular weight excluding hydrogens is 362 g/mol. The van der Waals surface area contributed by atoms with Crippen molar-refractivity contribution in [1.29, 1.82) is 0 Å². The monoisotopic (exact) mass is 387 g/mol. The minimum atomic E-state index is -3.78. The number of hydrogen-bond acceptors (Lipinski definition) is 4. The number of hydrogen-bond donors (Lipinski definition) is 1. The van der Waals surface area contributed by atoms with Crippen LogP contribution in [-0.4, -0.2) is 57.4 Å². The van der Waals surface area contributed by atoms with E-state index >= 15 is 0 Å². The maximum absolute atomic E-state index is 12.9. The Morgan fingerprint density at radius 3 is 2.30 bits per heavy atom. The van der Waals surface area contributed by atoms with Crippen LogP contribution in [0.4, 0.5) is 5.69 Å². The number of anilines is 1. The molecule has 1 N–H and O–H groups in total. The fraction of sp³-hybridized carbons (Fsp3) is 0.350. The molecule has 0 saturated carbocycles. The standard InChI is InChI=1S/C20H25N3O3S/c1-15-8-9-17(27(25,26)21-19-7-5-4-6-16(19)2)14-18(15)20(24)23-12-10-22(3)11-13-23/h4-9,14,21H,10-13H2,1-3H3. The zero-order chi connectivity index (χ0) is 19.6. The number of carbonyl (C=O) groups excluding carboxylic acids is 1. The van der Waals surface area contributed by atoms with E-state index in [-0.39, 0.29) is 10.8 Å². The van der Waals surface area contributed by atoms with Crippen LogP contribution in [0.25, 0.3) is 0 Å². The van der Waals surface area contributed by atoms with Crippen molar-refractivity contribution in [1.82, 2.24) is 9.80 Å². The van der Waals surface area contributed by atoms with E-state index in [1.165, 1.54) is 12.1 Å². The fourth-order valence-electron chi connectivity index (χ4n) is 3.07. The van der Waals surface area contributed by atoms with E-state index in [9.17, 15) is 13.2 Å². The van der Waals surface area contributed by atoms with Crippen LogP contribution >= 0.6 is 0 Å². The maximum atomic E-state index is 12.9. The van der Waals surface area contributed by atoms with Crippen molar-refractivity contribution < 1.29 is 13.2 Å². The second-order valence-corrected chi connectivity index (χ2v) is 8.68. The molecule has 2 aromatic rings. The lowest BCUT2D eigenvalue weighted by Gasteiger charge is -2.32. The molecule has 1 fully saturated rings. The molecule has 1 amide bonds. The lowest BCUT2D eigenvalue weighted by molar-refractivity contribution is 0.0663. The predicted octanol–water partition coefficient (Wildman–Crippen LogP) is 2.49. The van der Waals surface area contributed by atoms with E-state index in [0.29, 0.717) is 24.3 Å². The van der Waals surface area contributed by atoms with Crippen LogP contribution in [0.2, 0.25) is 0 Å². The maximum Gasteiger partial charge on any atom is 0.261 e. The van der Waals surface area contributed by atoms with Crippen LogP contribution in [0.5, 0.6) is 0 Å². The van der Waals surface area contributed by atoms with Crippen LogP contribution in [-0.2, 0) is 10.0 Å². The van der Waals surface area contributed by atoms with Crippen molar-refractivity contribution in [2.75, 3.05) is 37.9 Å². The summed E-state index contributed by atoms with van der Waals surface area (Å²) in [6.45, 7) is 6.60. The van der Waals surface area contributed by atoms with Gasteiger partial charge in [0.15, 0.2) is 0 Å². The Morgan fingerprint density at radius 2 is 1.63 bits per heavy atom. The predicted molar refractivity (Wildman–Crippen MR) is 107 cm³/mol. The van der Waals surface area contributed by atoms with Crippen molar-refractivity contribution in [3.05, 3.63) is 59.2 Å². The Hall–Kier alpha value is -2.38. The van der Waals surface area contributed by atoms with Crippen LogP contribution in [0, 0.1) is 13.8 Å². The molecule has 0 unspecified atom stereocenters. The van der Waals surface area contributed by atoms with Gasteiger partial charge in [-0.3, -0.25) is 9.52 Å². The van der Waals surface area contributed by atoms with E-state index < -0.39 is 10.0 Å². The average molecular weight is 388 g/mol. The first-order valence-corrected chi connectivity index (χ1v) is 10.4. The molecule has 0 bridgehead atoms. The number of amides is 1. The third-order valence-electron chi connectivity index (χ3n) is 4.93. The molecule has 144 valence electrons. The van der Waals surface area contributed by atoms with Gasteiger partial charge in [-0.15, -0.1) is 0 Å². The highest BCUT2D eigenvalue weighted by Gasteiger charge is 2.24. The summed E-state index contributed by atoms with van der Waals surface area (Å²) in [5.41, 5.74) is 2.58. The lowest BCUT2D eigenvalue weighted by Crippen LogP contribution is -2.47. The van der Waals surface area contributed by atoms with E-state index in [4.69, 9.17) is 0 Å². The summed E-state index contributed by atoms with van der Waals surface area (Å²) in [7, 11) is -1.75. The van der Waals surface area contributed by atoms with Crippen molar-refractivity contribution in [2.24, 2.45) is 0 Å². The summed E-state index contributed by atoms with van der Waals surface area (Å²) in [6, 6.07) is 11.9. The second-order valence-electron chi connectivity index (χ2n) is 6.99. The van der Waals surface area contributed by atoms with Gasteiger partial charge in [0.2, 0.25) is 0 Å². The number of benzene rings is 2.